The fraction of sp³-hybridized carbons (Fsp3) is 0.281. The molecular formula is C32H39N3O2S. The van der Waals surface area contributed by atoms with Crippen molar-refractivity contribution in [3.8, 4) is 0 Å². The zero-order valence-corrected chi connectivity index (χ0v) is 23.2. The number of aryl methyl sites for hydroxylation is 1. The summed E-state index contributed by atoms with van der Waals surface area (Å²) in [6.45, 7) is 10.5. The van der Waals surface area contributed by atoms with E-state index in [0.717, 1.165) is 17.6 Å². The van der Waals surface area contributed by atoms with E-state index in [9.17, 15) is 4.79 Å². The molecule has 3 aromatic carbocycles. The zero-order valence-electron chi connectivity index (χ0n) is 22.4. The molecule has 0 aromatic heterocycles. The van der Waals surface area contributed by atoms with Crippen LogP contribution in [0.3, 0.4) is 0 Å². The predicted molar refractivity (Wildman–Crippen MR) is 161 cm³/mol. The fourth-order valence-corrected chi connectivity index (χ4v) is 4.79. The van der Waals surface area contributed by atoms with Crippen molar-refractivity contribution in [1.82, 2.24) is 15.5 Å². The number of carbonyl (C=O) groups is 1. The molecule has 0 heterocycles. The molecule has 38 heavy (non-hydrogen) atoms. The van der Waals surface area contributed by atoms with Crippen molar-refractivity contribution in [2.45, 2.75) is 26.2 Å². The van der Waals surface area contributed by atoms with Crippen LogP contribution in [-0.4, -0.2) is 48.8 Å². The highest BCUT2D eigenvalue weighted by molar-refractivity contribution is 8.05. The third kappa shape index (κ3) is 9.53. The summed E-state index contributed by atoms with van der Waals surface area (Å²) in [5, 5.41) is 17.9. The summed E-state index contributed by atoms with van der Waals surface area (Å²) >= 11 is 1.42. The van der Waals surface area contributed by atoms with Gasteiger partial charge in [0.1, 0.15) is 0 Å². The molecule has 0 aliphatic heterocycles. The van der Waals surface area contributed by atoms with Crippen molar-refractivity contribution < 1.29 is 9.90 Å². The summed E-state index contributed by atoms with van der Waals surface area (Å²) in [6.07, 6.45) is 0.785. The number of hydrogen-bond acceptors (Lipinski definition) is 4. The van der Waals surface area contributed by atoms with Crippen LogP contribution in [0.2, 0.25) is 0 Å². The number of rotatable bonds is 14. The lowest BCUT2D eigenvalue weighted by atomic mass is 9.88. The van der Waals surface area contributed by atoms with Crippen LogP contribution in [0.4, 0.5) is 4.79 Å². The molecule has 6 heteroatoms. The van der Waals surface area contributed by atoms with Crippen molar-refractivity contribution in [2.24, 2.45) is 0 Å². The van der Waals surface area contributed by atoms with Crippen LogP contribution in [0, 0.1) is 6.92 Å². The quantitative estimate of drug-likeness (QED) is 0.212. The van der Waals surface area contributed by atoms with E-state index in [4.69, 9.17) is 5.11 Å². The van der Waals surface area contributed by atoms with E-state index in [1.165, 1.54) is 28.5 Å². The van der Waals surface area contributed by atoms with Crippen LogP contribution in [-0.2, 0) is 0 Å². The molecule has 0 atom stereocenters. The van der Waals surface area contributed by atoms with Gasteiger partial charge in [-0.25, -0.2) is 4.79 Å². The second-order valence-corrected chi connectivity index (χ2v) is 10.2. The van der Waals surface area contributed by atoms with Crippen molar-refractivity contribution in [3.63, 3.8) is 0 Å². The minimum absolute atomic E-state index is 0.0659. The van der Waals surface area contributed by atoms with Gasteiger partial charge in [0.25, 0.3) is 0 Å². The largest absolute Gasteiger partial charge is 0.395 e. The van der Waals surface area contributed by atoms with Crippen molar-refractivity contribution >= 4 is 23.4 Å². The van der Waals surface area contributed by atoms with Gasteiger partial charge in [-0.2, -0.15) is 0 Å². The molecule has 0 aliphatic rings. The van der Waals surface area contributed by atoms with Gasteiger partial charge < -0.3 is 20.6 Å². The molecule has 0 radical (unpaired) electrons. The zero-order chi connectivity index (χ0) is 27.2. The summed E-state index contributed by atoms with van der Waals surface area (Å²) in [5.74, 6) is 0.177. The second-order valence-electron chi connectivity index (χ2n) is 9.26. The van der Waals surface area contributed by atoms with Crippen LogP contribution in [0.15, 0.2) is 102 Å². The Kier molecular flexibility index (Phi) is 12.2. The molecule has 3 aromatic rings. The summed E-state index contributed by atoms with van der Waals surface area (Å²) in [5.41, 5.74) is 5.94. The summed E-state index contributed by atoms with van der Waals surface area (Å²) in [7, 11) is 0. The van der Waals surface area contributed by atoms with Crippen LogP contribution in [0.1, 0.15) is 41.5 Å². The number of nitrogens with zero attached hydrogens (tertiary/aromatic N) is 1. The Morgan fingerprint density at radius 3 is 2.13 bits per heavy atom. The van der Waals surface area contributed by atoms with Crippen LogP contribution in [0.5, 0.6) is 0 Å². The lowest BCUT2D eigenvalue weighted by Gasteiger charge is -2.26. The Hall–Kier alpha value is -3.32. The number of hydrogen-bond donors (Lipinski definition) is 3. The number of aliphatic hydroxyl groups is 1. The van der Waals surface area contributed by atoms with Gasteiger partial charge in [-0.3, -0.25) is 0 Å². The topological polar surface area (TPSA) is 64.6 Å². The average molecular weight is 530 g/mol. The summed E-state index contributed by atoms with van der Waals surface area (Å²) < 4.78 is 0. The van der Waals surface area contributed by atoms with Crippen LogP contribution >= 0.6 is 11.8 Å². The molecule has 3 N–H and O–H groups in total. The Morgan fingerprint density at radius 1 is 0.947 bits per heavy atom. The first-order valence-corrected chi connectivity index (χ1v) is 13.9. The fourth-order valence-electron chi connectivity index (χ4n) is 4.19. The number of amides is 2. The molecule has 3 rings (SSSR count). The van der Waals surface area contributed by atoms with Gasteiger partial charge in [0.2, 0.25) is 0 Å². The second kappa shape index (κ2) is 15.8. The van der Waals surface area contributed by atoms with Crippen molar-refractivity contribution in [1.29, 1.82) is 0 Å². The van der Waals surface area contributed by atoms with E-state index in [-0.39, 0.29) is 18.6 Å². The maximum absolute atomic E-state index is 13.3. The highest BCUT2D eigenvalue weighted by Gasteiger charge is 2.19. The van der Waals surface area contributed by atoms with Crippen LogP contribution in [0.25, 0.3) is 5.57 Å². The predicted octanol–water partition coefficient (Wildman–Crippen LogP) is 6.38. The smallest absolute Gasteiger partial charge is 0.322 e. The summed E-state index contributed by atoms with van der Waals surface area (Å²) in [6, 6.07) is 29.1. The Morgan fingerprint density at radius 2 is 1.55 bits per heavy atom. The molecule has 5 nitrogen and oxygen atoms in total. The number of carbonyl (C=O) groups excluding carboxylic acids is 1. The van der Waals surface area contributed by atoms with Gasteiger partial charge in [-0.1, -0.05) is 109 Å². The number of thioether (sulfide) groups is 1. The summed E-state index contributed by atoms with van der Waals surface area (Å²) in [4.78, 5) is 15.1. The standard InChI is InChI=1S/C32H39N3O2S/c1-25-14-16-28(17-15-25)26(2)24-38-27(3)34-32(37)35(22-19-33-20-23-36)21-18-31(29-10-6-4-7-11-29)30-12-8-5-9-13-30/h4-17,24,31,33,36H,3,18-23H2,1-2H3,(H,34,37)/b26-24+. The number of allylic oxidation sites excluding steroid dienone is 1. The van der Waals surface area contributed by atoms with Gasteiger partial charge in [0.05, 0.1) is 11.6 Å². The van der Waals surface area contributed by atoms with E-state index >= 15 is 0 Å². The Balaban J connectivity index is 1.66. The van der Waals surface area contributed by atoms with Crippen molar-refractivity contribution in [2.75, 3.05) is 32.8 Å². The molecular weight excluding hydrogens is 490 g/mol. The molecule has 0 bridgehead atoms. The van der Waals surface area contributed by atoms with Gasteiger partial charge in [-0.15, -0.1) is 0 Å². The first-order valence-electron chi connectivity index (χ1n) is 13.0. The molecule has 0 unspecified atom stereocenters. The molecule has 2 amide bonds. The average Bonchev–Trinajstić information content (AvgIpc) is 2.94. The highest BCUT2D eigenvalue weighted by Crippen LogP contribution is 2.28. The maximum atomic E-state index is 13.3. The van der Waals surface area contributed by atoms with E-state index < -0.39 is 0 Å². The van der Waals surface area contributed by atoms with E-state index in [2.05, 4.69) is 104 Å². The van der Waals surface area contributed by atoms with Gasteiger partial charge >= 0.3 is 6.03 Å². The molecule has 0 spiro atoms. The highest BCUT2D eigenvalue weighted by atomic mass is 32.2. The lowest BCUT2D eigenvalue weighted by Crippen LogP contribution is -2.43. The Labute approximate surface area is 231 Å². The number of aliphatic hydroxyl groups excluding tert-OH is 1. The molecule has 200 valence electrons. The van der Waals surface area contributed by atoms with Gasteiger partial charge in [0.15, 0.2) is 0 Å². The molecule has 0 fully saturated rings. The van der Waals surface area contributed by atoms with E-state index in [1.54, 1.807) is 0 Å². The number of benzene rings is 3. The van der Waals surface area contributed by atoms with Crippen molar-refractivity contribution in [3.05, 3.63) is 124 Å². The normalized spacial score (nSPS) is 11.4. The minimum atomic E-state index is -0.172. The first kappa shape index (κ1) is 29.2. The monoisotopic (exact) mass is 529 g/mol. The third-order valence-electron chi connectivity index (χ3n) is 6.36. The van der Waals surface area contributed by atoms with Gasteiger partial charge in [-0.05, 0) is 47.9 Å². The molecule has 0 aliphatic carbocycles. The van der Waals surface area contributed by atoms with E-state index in [0.29, 0.717) is 31.2 Å². The number of nitrogens with one attached hydrogen (secondary N) is 2. The SMILES string of the molecule is C=C(NC(=O)N(CCNCCO)CCC(c1ccccc1)c1ccccc1)S/C=C(\C)c1ccc(C)cc1. The number of urea groups is 1. The van der Waals surface area contributed by atoms with Gasteiger partial charge in [0, 0.05) is 32.1 Å². The minimum Gasteiger partial charge on any atom is -0.395 e. The van der Waals surface area contributed by atoms with Crippen LogP contribution < -0.4 is 10.6 Å². The maximum Gasteiger partial charge on any atom is 0.322 e. The molecule has 0 saturated carbocycles. The third-order valence-corrected chi connectivity index (χ3v) is 7.22. The van der Waals surface area contributed by atoms with E-state index in [1.807, 2.05) is 22.4 Å². The molecule has 0 saturated heterocycles. The lowest BCUT2D eigenvalue weighted by molar-refractivity contribution is 0.199. The Bertz CT molecular complexity index is 1120. The first-order chi connectivity index (χ1) is 18.5.